The predicted octanol–water partition coefficient (Wildman–Crippen LogP) is 10.4. The van der Waals surface area contributed by atoms with Crippen LogP contribution in [0, 0.1) is 22.7 Å². The Hall–Kier alpha value is -8.72. The van der Waals surface area contributed by atoms with Gasteiger partial charge in [0.05, 0.1) is 33.6 Å². The lowest BCUT2D eigenvalue weighted by molar-refractivity contribution is 1.10. The van der Waals surface area contributed by atoms with Crippen LogP contribution in [0.1, 0.15) is 11.1 Å². The summed E-state index contributed by atoms with van der Waals surface area (Å²) in [5, 5.41) is 28.0. The lowest BCUT2D eigenvalue weighted by Gasteiger charge is -2.41. The van der Waals surface area contributed by atoms with E-state index < -0.39 is 0 Å². The van der Waals surface area contributed by atoms with Gasteiger partial charge < -0.3 is 14.0 Å². The minimum absolute atomic E-state index is 0.243. The number of nitrogens with zero attached hydrogens (tertiary/aromatic N) is 7. The summed E-state index contributed by atoms with van der Waals surface area (Å²) in [6.07, 6.45) is 7.32. The van der Waals surface area contributed by atoms with Crippen LogP contribution in [0.25, 0.3) is 77.2 Å². The molecule has 0 aliphatic carbocycles. The average Bonchev–Trinajstić information content (AvgIpc) is 3.85. The van der Waals surface area contributed by atoms with Gasteiger partial charge in [-0.2, -0.15) is 10.5 Å². The van der Waals surface area contributed by atoms with Gasteiger partial charge in [-0.15, -0.1) is 0 Å². The van der Waals surface area contributed by atoms with E-state index in [0.717, 1.165) is 105 Å². The molecule has 0 radical (unpaired) electrons. The Morgan fingerprint density at radius 2 is 1.05 bits per heavy atom. The Bertz CT molecular complexity index is 3690. The van der Waals surface area contributed by atoms with Crippen LogP contribution < -0.4 is 21.3 Å². The summed E-state index contributed by atoms with van der Waals surface area (Å²) in [6, 6.07) is 60.3. The first-order chi connectivity index (χ1) is 30.7. The molecule has 0 bridgehead atoms. The monoisotopic (exact) mass is 787 g/mol. The Balaban J connectivity index is 1.24. The number of fused-ring (bicyclic) bond motifs is 10. The molecule has 7 nitrogen and oxygen atoms in total. The predicted molar refractivity (Wildman–Crippen MR) is 250 cm³/mol. The molecule has 62 heavy (non-hydrogen) atoms. The molecule has 6 heterocycles. The first-order valence-corrected chi connectivity index (χ1v) is 20.6. The van der Waals surface area contributed by atoms with Gasteiger partial charge in [0, 0.05) is 74.4 Å². The second-order valence-corrected chi connectivity index (χ2v) is 16.0. The van der Waals surface area contributed by atoms with Crippen molar-refractivity contribution >= 4 is 83.8 Å². The minimum atomic E-state index is -0.243. The highest BCUT2D eigenvalue weighted by Gasteiger charge is 2.46. The molecule has 4 aromatic heterocycles. The standard InChI is InChI=1S/C54H30BN7/c56-29-42-51(61-47-23-21-33(35-11-9-25-58-31-35)27-40(47)41-28-34(22-24-48(41)61)36-12-10-26-59-32-36)43(30-57)54-50-53(42)60(37-13-2-1-3-14-37)49-20-7-5-17-44(49)55(50)45-18-8-16-39-38-15-4-6-19-46(38)62(54)52(39)45/h1-28,31-32H. The van der Waals surface area contributed by atoms with Crippen LogP contribution in [0.5, 0.6) is 0 Å². The quantitative estimate of drug-likeness (QED) is 0.166. The number of para-hydroxylation sites is 4. The van der Waals surface area contributed by atoms with Gasteiger partial charge in [-0.3, -0.25) is 9.97 Å². The zero-order valence-electron chi connectivity index (χ0n) is 33.0. The average molecular weight is 788 g/mol. The third-order valence-corrected chi connectivity index (χ3v) is 12.9. The van der Waals surface area contributed by atoms with Crippen molar-refractivity contribution in [2.24, 2.45) is 0 Å². The molecule has 0 atom stereocenters. The molecular weight excluding hydrogens is 757 g/mol. The van der Waals surface area contributed by atoms with Crippen LogP contribution in [0.15, 0.2) is 183 Å². The lowest BCUT2D eigenvalue weighted by Crippen LogP contribution is -2.61. The summed E-state index contributed by atoms with van der Waals surface area (Å²) in [5.74, 6) is 0. The third-order valence-electron chi connectivity index (χ3n) is 12.9. The summed E-state index contributed by atoms with van der Waals surface area (Å²) in [6.45, 7) is -0.243. The lowest BCUT2D eigenvalue weighted by atomic mass is 9.33. The van der Waals surface area contributed by atoms with E-state index in [1.807, 2.05) is 42.7 Å². The third kappa shape index (κ3) is 4.53. The first-order valence-electron chi connectivity index (χ1n) is 20.6. The molecule has 7 aromatic carbocycles. The van der Waals surface area contributed by atoms with E-state index >= 15 is 0 Å². The molecule has 0 spiro atoms. The highest BCUT2D eigenvalue weighted by molar-refractivity contribution is 7.00. The Morgan fingerprint density at radius 3 is 1.73 bits per heavy atom. The van der Waals surface area contributed by atoms with E-state index in [1.165, 1.54) is 0 Å². The van der Waals surface area contributed by atoms with Gasteiger partial charge >= 0.3 is 0 Å². The fourth-order valence-corrected chi connectivity index (χ4v) is 10.5. The van der Waals surface area contributed by atoms with Crippen LogP contribution in [-0.4, -0.2) is 25.8 Å². The van der Waals surface area contributed by atoms with Crippen molar-refractivity contribution in [3.8, 4) is 45.8 Å². The fourth-order valence-electron chi connectivity index (χ4n) is 10.5. The number of pyridine rings is 2. The highest BCUT2D eigenvalue weighted by Crippen LogP contribution is 2.48. The van der Waals surface area contributed by atoms with Crippen LogP contribution in [-0.2, 0) is 0 Å². The molecule has 2 aliphatic rings. The van der Waals surface area contributed by atoms with Crippen LogP contribution >= 0.6 is 0 Å². The summed E-state index contributed by atoms with van der Waals surface area (Å²) in [5.41, 5.74) is 16.1. The second-order valence-electron chi connectivity index (χ2n) is 16.0. The number of hydrogen-bond donors (Lipinski definition) is 0. The summed E-state index contributed by atoms with van der Waals surface area (Å²) in [7, 11) is 0. The van der Waals surface area contributed by atoms with E-state index in [4.69, 9.17) is 0 Å². The van der Waals surface area contributed by atoms with Gasteiger partial charge in [0.1, 0.15) is 23.3 Å². The van der Waals surface area contributed by atoms with Gasteiger partial charge in [-0.05, 0) is 88.2 Å². The molecule has 0 unspecified atom stereocenters. The SMILES string of the molecule is N#Cc1c2c3c(c(C#N)c1-n1c4ccc(-c5cccnc5)cc4c4cc(-c5cccnc5)ccc41)-n1c4ccccc4c4cccc(c41)B3c1ccccc1N2c1ccccc1. The number of benzene rings is 7. The molecule has 0 saturated heterocycles. The largest absolute Gasteiger partial charge is 0.310 e. The molecule has 0 saturated carbocycles. The van der Waals surface area contributed by atoms with E-state index in [-0.39, 0.29) is 6.71 Å². The van der Waals surface area contributed by atoms with Crippen molar-refractivity contribution in [2.75, 3.05) is 4.90 Å². The molecule has 11 aromatic rings. The van der Waals surface area contributed by atoms with E-state index in [2.05, 4.69) is 164 Å². The topological polar surface area (TPSA) is 86.5 Å². The Kier molecular flexibility index (Phi) is 7.11. The molecule has 2 aliphatic heterocycles. The number of nitriles is 2. The van der Waals surface area contributed by atoms with Crippen molar-refractivity contribution in [3.05, 3.63) is 194 Å². The Morgan fingerprint density at radius 1 is 0.452 bits per heavy atom. The van der Waals surface area contributed by atoms with Gasteiger partial charge in [-0.25, -0.2) is 0 Å². The second kappa shape index (κ2) is 12.9. The van der Waals surface area contributed by atoms with E-state index in [1.54, 1.807) is 12.4 Å². The maximum Gasteiger partial charge on any atom is 0.252 e. The zero-order valence-corrected chi connectivity index (χ0v) is 33.0. The van der Waals surface area contributed by atoms with Crippen LogP contribution in [0.2, 0.25) is 0 Å². The van der Waals surface area contributed by atoms with E-state index in [9.17, 15) is 10.5 Å². The summed E-state index contributed by atoms with van der Waals surface area (Å²) in [4.78, 5) is 11.1. The first kappa shape index (κ1) is 34.2. The molecule has 0 N–H and O–H groups in total. The van der Waals surface area contributed by atoms with Crippen molar-refractivity contribution in [3.63, 3.8) is 0 Å². The van der Waals surface area contributed by atoms with Crippen molar-refractivity contribution in [1.29, 1.82) is 10.5 Å². The number of aromatic nitrogens is 4. The van der Waals surface area contributed by atoms with Gasteiger partial charge in [0.15, 0.2) is 0 Å². The Labute approximate surface area is 356 Å². The maximum atomic E-state index is 11.9. The number of rotatable bonds is 4. The summed E-state index contributed by atoms with van der Waals surface area (Å²) < 4.78 is 4.48. The summed E-state index contributed by atoms with van der Waals surface area (Å²) >= 11 is 0. The fraction of sp³-hybridized carbons (Fsp3) is 0. The molecule has 284 valence electrons. The van der Waals surface area contributed by atoms with E-state index in [0.29, 0.717) is 16.8 Å². The van der Waals surface area contributed by atoms with Crippen LogP contribution in [0.3, 0.4) is 0 Å². The van der Waals surface area contributed by atoms with Crippen LogP contribution in [0.4, 0.5) is 17.1 Å². The number of anilines is 3. The van der Waals surface area contributed by atoms with Gasteiger partial charge in [0.25, 0.3) is 6.71 Å². The van der Waals surface area contributed by atoms with Gasteiger partial charge in [-0.1, -0.05) is 97.1 Å². The molecule has 8 heteroatoms. The highest BCUT2D eigenvalue weighted by atomic mass is 15.2. The van der Waals surface area contributed by atoms with Crippen molar-refractivity contribution in [1.82, 2.24) is 19.1 Å². The molecule has 0 fully saturated rings. The van der Waals surface area contributed by atoms with Crippen molar-refractivity contribution in [2.45, 2.75) is 0 Å². The molecular formula is C54H30BN7. The molecule has 13 rings (SSSR count). The maximum absolute atomic E-state index is 11.9. The van der Waals surface area contributed by atoms with Gasteiger partial charge in [0.2, 0.25) is 0 Å². The number of hydrogen-bond acceptors (Lipinski definition) is 5. The van der Waals surface area contributed by atoms with Crippen molar-refractivity contribution < 1.29 is 0 Å². The normalized spacial score (nSPS) is 12.4. The zero-order chi connectivity index (χ0) is 41.1. The smallest absolute Gasteiger partial charge is 0.252 e. The molecule has 0 amide bonds. The minimum Gasteiger partial charge on any atom is -0.310 e.